The Bertz CT molecular complexity index is 771. The SMILES string of the molecule is C[C@H]1CNCCCCN1S(=O)(=O)c1ccc2cnccc2c1.Cl.Cl. The average molecular weight is 392 g/mol. The van der Waals surface area contributed by atoms with E-state index in [2.05, 4.69) is 10.3 Å². The fourth-order valence-corrected chi connectivity index (χ4v) is 4.57. The average Bonchev–Trinajstić information content (AvgIpc) is 2.50. The molecule has 1 N–H and O–H groups in total. The molecule has 2 aromatic rings. The molecule has 1 atom stereocenters. The van der Waals surface area contributed by atoms with Gasteiger partial charge in [0.1, 0.15) is 0 Å². The molecule has 1 saturated heterocycles. The summed E-state index contributed by atoms with van der Waals surface area (Å²) < 4.78 is 27.6. The molecule has 1 aliphatic rings. The summed E-state index contributed by atoms with van der Waals surface area (Å²) in [6.45, 7) is 4.19. The summed E-state index contributed by atoms with van der Waals surface area (Å²) in [4.78, 5) is 4.42. The number of rotatable bonds is 2. The van der Waals surface area contributed by atoms with Crippen molar-refractivity contribution in [3.05, 3.63) is 36.7 Å². The molecule has 0 unspecified atom stereocenters. The summed E-state index contributed by atoms with van der Waals surface area (Å²) in [5.74, 6) is 0. The lowest BCUT2D eigenvalue weighted by Gasteiger charge is -2.30. The number of halogens is 2. The van der Waals surface area contributed by atoms with E-state index in [0.717, 1.165) is 30.2 Å². The zero-order chi connectivity index (χ0) is 15.6. The largest absolute Gasteiger partial charge is 0.315 e. The first-order valence-electron chi connectivity index (χ1n) is 7.65. The first-order chi connectivity index (χ1) is 10.6. The number of sulfonamides is 1. The van der Waals surface area contributed by atoms with Gasteiger partial charge in [0.25, 0.3) is 0 Å². The number of fused-ring (bicyclic) bond motifs is 1. The monoisotopic (exact) mass is 391 g/mol. The topological polar surface area (TPSA) is 62.3 Å². The van der Waals surface area contributed by atoms with Gasteiger partial charge in [0.05, 0.1) is 4.90 Å². The second-order valence-electron chi connectivity index (χ2n) is 5.76. The van der Waals surface area contributed by atoms with Crippen LogP contribution in [-0.2, 0) is 10.0 Å². The van der Waals surface area contributed by atoms with Crippen molar-refractivity contribution in [2.75, 3.05) is 19.6 Å². The van der Waals surface area contributed by atoms with Gasteiger partial charge in [-0.05, 0) is 49.9 Å². The van der Waals surface area contributed by atoms with E-state index in [0.29, 0.717) is 18.0 Å². The Morgan fingerprint density at radius 2 is 1.96 bits per heavy atom. The predicted octanol–water partition coefficient (Wildman–Crippen LogP) is 2.84. The van der Waals surface area contributed by atoms with Gasteiger partial charge < -0.3 is 5.32 Å². The molecule has 2 heterocycles. The van der Waals surface area contributed by atoms with Crippen LogP contribution in [0.25, 0.3) is 10.8 Å². The second kappa shape index (κ2) is 8.97. The second-order valence-corrected chi connectivity index (χ2v) is 7.65. The van der Waals surface area contributed by atoms with E-state index >= 15 is 0 Å². The summed E-state index contributed by atoms with van der Waals surface area (Å²) in [5, 5.41) is 5.15. The van der Waals surface area contributed by atoms with Crippen LogP contribution in [-0.4, -0.2) is 43.4 Å². The Labute approximate surface area is 155 Å². The van der Waals surface area contributed by atoms with Crippen molar-refractivity contribution in [3.63, 3.8) is 0 Å². The van der Waals surface area contributed by atoms with E-state index in [1.54, 1.807) is 28.8 Å². The van der Waals surface area contributed by atoms with Gasteiger partial charge in [-0.15, -0.1) is 24.8 Å². The number of benzene rings is 1. The van der Waals surface area contributed by atoms with E-state index in [1.807, 2.05) is 19.1 Å². The van der Waals surface area contributed by atoms with Crippen LogP contribution in [0.2, 0.25) is 0 Å². The van der Waals surface area contributed by atoms with Crippen molar-refractivity contribution < 1.29 is 8.42 Å². The molecule has 0 radical (unpaired) electrons. The Morgan fingerprint density at radius 1 is 1.17 bits per heavy atom. The maximum absolute atomic E-state index is 13.0. The summed E-state index contributed by atoms with van der Waals surface area (Å²) >= 11 is 0. The van der Waals surface area contributed by atoms with Gasteiger partial charge in [0.2, 0.25) is 10.0 Å². The van der Waals surface area contributed by atoms with E-state index in [9.17, 15) is 8.42 Å². The summed E-state index contributed by atoms with van der Waals surface area (Å²) in [6.07, 6.45) is 5.31. The van der Waals surface area contributed by atoms with Crippen molar-refractivity contribution in [1.82, 2.24) is 14.6 Å². The highest BCUT2D eigenvalue weighted by molar-refractivity contribution is 7.89. The van der Waals surface area contributed by atoms with Crippen LogP contribution in [0.3, 0.4) is 0 Å². The quantitative estimate of drug-likeness (QED) is 0.854. The molecular weight excluding hydrogens is 369 g/mol. The lowest BCUT2D eigenvalue weighted by Crippen LogP contribution is -2.46. The molecular formula is C16H23Cl2N3O2S. The zero-order valence-electron chi connectivity index (χ0n) is 13.5. The van der Waals surface area contributed by atoms with E-state index in [-0.39, 0.29) is 30.9 Å². The van der Waals surface area contributed by atoms with Gasteiger partial charge in [0, 0.05) is 36.9 Å². The highest BCUT2D eigenvalue weighted by atomic mass is 35.5. The lowest BCUT2D eigenvalue weighted by molar-refractivity contribution is 0.301. The third-order valence-electron chi connectivity index (χ3n) is 4.13. The van der Waals surface area contributed by atoms with Crippen molar-refractivity contribution in [2.24, 2.45) is 0 Å². The molecule has 8 heteroatoms. The Balaban J connectivity index is 0.00000144. The first kappa shape index (κ1) is 21.1. The third-order valence-corrected chi connectivity index (χ3v) is 6.14. The first-order valence-corrected chi connectivity index (χ1v) is 9.09. The van der Waals surface area contributed by atoms with Crippen LogP contribution in [0.5, 0.6) is 0 Å². The standard InChI is InChI=1S/C16H21N3O2S.2ClH/c1-13-11-17-7-2-3-9-19(13)22(20,21)16-5-4-15-12-18-8-6-14(15)10-16;;/h4-6,8,10,12-13,17H,2-3,7,9,11H2,1H3;2*1H/t13-;;/m0../s1. The number of aromatic nitrogens is 1. The van der Waals surface area contributed by atoms with Crippen molar-refractivity contribution in [2.45, 2.75) is 30.7 Å². The maximum atomic E-state index is 13.0. The van der Waals surface area contributed by atoms with Crippen molar-refractivity contribution in [1.29, 1.82) is 0 Å². The minimum absolute atomic E-state index is 0. The Morgan fingerprint density at radius 3 is 2.75 bits per heavy atom. The number of hydrogen-bond acceptors (Lipinski definition) is 4. The maximum Gasteiger partial charge on any atom is 0.243 e. The van der Waals surface area contributed by atoms with Crippen LogP contribution in [0, 0.1) is 0 Å². The molecule has 134 valence electrons. The zero-order valence-corrected chi connectivity index (χ0v) is 16.0. The predicted molar refractivity (Wildman–Crippen MR) is 102 cm³/mol. The molecule has 1 aromatic heterocycles. The number of nitrogens with one attached hydrogen (secondary N) is 1. The van der Waals surface area contributed by atoms with Gasteiger partial charge in [-0.2, -0.15) is 4.31 Å². The van der Waals surface area contributed by atoms with E-state index < -0.39 is 10.0 Å². The highest BCUT2D eigenvalue weighted by Gasteiger charge is 2.29. The molecule has 1 fully saturated rings. The smallest absolute Gasteiger partial charge is 0.243 e. The molecule has 1 aliphatic heterocycles. The molecule has 0 saturated carbocycles. The molecule has 0 spiro atoms. The lowest BCUT2D eigenvalue weighted by atomic mass is 10.2. The van der Waals surface area contributed by atoms with Crippen LogP contribution in [0.15, 0.2) is 41.6 Å². The summed E-state index contributed by atoms with van der Waals surface area (Å²) in [5.41, 5.74) is 0. The fraction of sp³-hybridized carbons (Fsp3) is 0.438. The molecule has 1 aromatic carbocycles. The third kappa shape index (κ3) is 4.37. The molecule has 5 nitrogen and oxygen atoms in total. The summed E-state index contributed by atoms with van der Waals surface area (Å²) in [7, 11) is -3.47. The molecule has 0 bridgehead atoms. The van der Waals surface area contributed by atoms with Crippen LogP contribution in [0.4, 0.5) is 0 Å². The molecule has 0 aliphatic carbocycles. The number of pyridine rings is 1. The Kier molecular flexibility index (Phi) is 7.89. The van der Waals surface area contributed by atoms with Crippen molar-refractivity contribution in [3.8, 4) is 0 Å². The number of hydrogen-bond donors (Lipinski definition) is 1. The van der Waals surface area contributed by atoms with Crippen molar-refractivity contribution >= 4 is 45.6 Å². The molecule has 0 amide bonds. The van der Waals surface area contributed by atoms with E-state index in [4.69, 9.17) is 0 Å². The van der Waals surface area contributed by atoms with Crippen LogP contribution >= 0.6 is 24.8 Å². The van der Waals surface area contributed by atoms with Gasteiger partial charge in [0.15, 0.2) is 0 Å². The van der Waals surface area contributed by atoms with Gasteiger partial charge in [-0.25, -0.2) is 8.42 Å². The van der Waals surface area contributed by atoms with Gasteiger partial charge in [-0.3, -0.25) is 4.98 Å². The normalized spacial score (nSPS) is 19.6. The summed E-state index contributed by atoms with van der Waals surface area (Å²) in [6, 6.07) is 7.04. The minimum atomic E-state index is -3.47. The fourth-order valence-electron chi connectivity index (χ4n) is 2.87. The minimum Gasteiger partial charge on any atom is -0.315 e. The molecule has 24 heavy (non-hydrogen) atoms. The Hall–Kier alpha value is -0.920. The van der Waals surface area contributed by atoms with Gasteiger partial charge >= 0.3 is 0 Å². The highest BCUT2D eigenvalue weighted by Crippen LogP contribution is 2.23. The van der Waals surface area contributed by atoms with Gasteiger partial charge in [-0.1, -0.05) is 6.07 Å². The van der Waals surface area contributed by atoms with E-state index in [1.165, 1.54) is 0 Å². The van der Waals surface area contributed by atoms with Crippen LogP contribution < -0.4 is 5.32 Å². The number of nitrogens with zero attached hydrogens (tertiary/aromatic N) is 2. The van der Waals surface area contributed by atoms with Crippen LogP contribution in [0.1, 0.15) is 19.8 Å². The molecule has 3 rings (SSSR count).